The number of unbranched alkanes of at least 4 members (excludes halogenated alkanes) is 2. The lowest BCUT2D eigenvalue weighted by Crippen LogP contribution is -2.28. The van der Waals surface area contributed by atoms with E-state index in [1.165, 1.54) is 10.8 Å². The molecule has 14 heteroatoms. The van der Waals surface area contributed by atoms with Gasteiger partial charge < -0.3 is 20.7 Å². The summed E-state index contributed by atoms with van der Waals surface area (Å²) in [7, 11) is 0. The number of aryl methyl sites for hydroxylation is 1. The second-order valence-electron chi connectivity index (χ2n) is 8.42. The molecule has 37 heavy (non-hydrogen) atoms. The summed E-state index contributed by atoms with van der Waals surface area (Å²) in [5.41, 5.74) is 15.7. The van der Waals surface area contributed by atoms with E-state index in [1.54, 1.807) is 16.9 Å². The van der Waals surface area contributed by atoms with Crippen LogP contribution in [0.1, 0.15) is 48.7 Å². The second kappa shape index (κ2) is 12.1. The minimum atomic E-state index is -0.872. The van der Waals surface area contributed by atoms with E-state index in [-0.39, 0.29) is 25.4 Å². The summed E-state index contributed by atoms with van der Waals surface area (Å²) in [6.07, 6.45) is 5.70. The van der Waals surface area contributed by atoms with Crippen LogP contribution in [0.4, 0.5) is 5.82 Å². The topological polar surface area (TPSA) is 203 Å². The normalized spacial score (nSPS) is 18.7. The van der Waals surface area contributed by atoms with Crippen molar-refractivity contribution in [2.45, 2.75) is 57.1 Å². The van der Waals surface area contributed by atoms with E-state index in [0.717, 1.165) is 30.5 Å². The molecule has 1 saturated heterocycles. The highest BCUT2D eigenvalue weighted by atomic mass is 16.5. The van der Waals surface area contributed by atoms with Crippen LogP contribution in [0.3, 0.4) is 0 Å². The molecule has 0 aromatic carbocycles. The molecule has 4 heterocycles. The standard InChI is InChI=1S/C23H26N10O4/c24-22-16(12-32(23(36)28-22)21-9-18(35)19(14-34)37-21)5-3-1-2-4-6-17-13-33(31-29-17)20-8-7-15(10-26-20)11-27-30-25/h7-8,10,12-13,18-19,21,34-35H,1-2,4,6,9,11,14H2,(H2,24,28,36)/t18-,19+,21+/m0/s1. The molecule has 0 saturated carbocycles. The number of aliphatic hydroxyl groups excluding tert-OH is 2. The van der Waals surface area contributed by atoms with E-state index < -0.39 is 24.1 Å². The number of azide groups is 1. The molecule has 1 aliphatic rings. The predicted molar refractivity (Wildman–Crippen MR) is 131 cm³/mol. The Hall–Kier alpha value is -4.28. The highest BCUT2D eigenvalue weighted by Gasteiger charge is 2.35. The number of aromatic nitrogens is 6. The minimum Gasteiger partial charge on any atom is -0.394 e. The molecule has 4 rings (SSSR count). The van der Waals surface area contributed by atoms with Crippen molar-refractivity contribution in [2.75, 3.05) is 12.3 Å². The zero-order chi connectivity index (χ0) is 26.2. The fraction of sp³-hybridized carbons (Fsp3) is 0.435. The molecule has 0 amide bonds. The molecular weight excluding hydrogens is 480 g/mol. The Morgan fingerprint density at radius 1 is 1.32 bits per heavy atom. The van der Waals surface area contributed by atoms with Gasteiger partial charge in [-0.25, -0.2) is 14.5 Å². The van der Waals surface area contributed by atoms with Crippen molar-refractivity contribution in [1.82, 2.24) is 29.5 Å². The Labute approximate surface area is 211 Å². The first-order valence-corrected chi connectivity index (χ1v) is 11.7. The number of anilines is 1. The average molecular weight is 507 g/mol. The van der Waals surface area contributed by atoms with Crippen molar-refractivity contribution in [3.8, 4) is 17.7 Å². The lowest BCUT2D eigenvalue weighted by molar-refractivity contribution is -0.0458. The second-order valence-corrected chi connectivity index (χ2v) is 8.42. The number of pyridine rings is 1. The van der Waals surface area contributed by atoms with Crippen molar-refractivity contribution >= 4 is 5.82 Å². The first-order valence-electron chi connectivity index (χ1n) is 11.7. The number of rotatable bonds is 9. The van der Waals surface area contributed by atoms with Gasteiger partial charge in [-0.3, -0.25) is 4.57 Å². The van der Waals surface area contributed by atoms with Crippen LogP contribution in [0.25, 0.3) is 16.3 Å². The molecule has 0 unspecified atom stereocenters. The average Bonchev–Trinajstić information content (AvgIpc) is 3.52. The van der Waals surface area contributed by atoms with Gasteiger partial charge in [0.05, 0.1) is 36.7 Å². The van der Waals surface area contributed by atoms with Crippen molar-refractivity contribution in [1.29, 1.82) is 0 Å². The number of hydrogen-bond donors (Lipinski definition) is 3. The third-order valence-electron chi connectivity index (χ3n) is 5.78. The Morgan fingerprint density at radius 3 is 2.92 bits per heavy atom. The molecule has 3 atom stereocenters. The molecule has 3 aromatic heterocycles. The molecule has 1 aliphatic heterocycles. The number of hydrogen-bond acceptors (Lipinski definition) is 10. The molecule has 14 nitrogen and oxygen atoms in total. The number of ether oxygens (including phenoxy) is 1. The summed E-state index contributed by atoms with van der Waals surface area (Å²) >= 11 is 0. The Morgan fingerprint density at radius 2 is 2.19 bits per heavy atom. The summed E-state index contributed by atoms with van der Waals surface area (Å²) < 4.78 is 8.37. The Kier molecular flexibility index (Phi) is 8.44. The van der Waals surface area contributed by atoms with Crippen molar-refractivity contribution in [3.05, 3.63) is 68.5 Å². The minimum absolute atomic E-state index is 0.0297. The van der Waals surface area contributed by atoms with Crippen LogP contribution in [-0.2, 0) is 17.7 Å². The van der Waals surface area contributed by atoms with Gasteiger partial charge in [-0.1, -0.05) is 28.2 Å². The van der Waals surface area contributed by atoms with Gasteiger partial charge in [-0.15, -0.1) is 5.10 Å². The van der Waals surface area contributed by atoms with Crippen LogP contribution >= 0.6 is 0 Å². The fourth-order valence-corrected chi connectivity index (χ4v) is 3.80. The summed E-state index contributed by atoms with van der Waals surface area (Å²) in [5.74, 6) is 6.65. The zero-order valence-corrected chi connectivity index (χ0v) is 19.9. The van der Waals surface area contributed by atoms with Crippen LogP contribution in [0.15, 0.2) is 40.6 Å². The van der Waals surface area contributed by atoms with Crippen LogP contribution in [-0.4, -0.2) is 58.6 Å². The van der Waals surface area contributed by atoms with Crippen LogP contribution in [0.5, 0.6) is 0 Å². The van der Waals surface area contributed by atoms with E-state index >= 15 is 0 Å². The third-order valence-corrected chi connectivity index (χ3v) is 5.78. The molecular formula is C23H26N10O4. The maximum absolute atomic E-state index is 12.2. The highest BCUT2D eigenvalue weighted by Crippen LogP contribution is 2.27. The van der Waals surface area contributed by atoms with Gasteiger partial charge in [0.2, 0.25) is 0 Å². The van der Waals surface area contributed by atoms with E-state index in [9.17, 15) is 15.0 Å². The van der Waals surface area contributed by atoms with Crippen LogP contribution < -0.4 is 11.4 Å². The summed E-state index contributed by atoms with van der Waals surface area (Å²) in [5, 5.41) is 31.0. The quantitative estimate of drug-likeness (QED) is 0.124. The molecule has 1 fully saturated rings. The fourth-order valence-electron chi connectivity index (χ4n) is 3.80. The van der Waals surface area contributed by atoms with Gasteiger partial charge in [0, 0.05) is 30.1 Å². The maximum Gasteiger partial charge on any atom is 0.351 e. The van der Waals surface area contributed by atoms with Crippen LogP contribution in [0, 0.1) is 11.8 Å². The van der Waals surface area contributed by atoms with E-state index in [1.807, 2.05) is 12.3 Å². The van der Waals surface area contributed by atoms with Gasteiger partial charge in [0.15, 0.2) is 5.82 Å². The Bertz CT molecular complexity index is 1380. The number of nitrogen functional groups attached to an aromatic ring is 1. The third kappa shape index (κ3) is 6.49. The molecule has 0 aliphatic carbocycles. The Balaban J connectivity index is 1.28. The molecule has 0 radical (unpaired) electrons. The monoisotopic (exact) mass is 506 g/mol. The summed E-state index contributed by atoms with van der Waals surface area (Å²) in [6, 6.07) is 3.60. The highest BCUT2D eigenvalue weighted by molar-refractivity contribution is 5.48. The molecule has 192 valence electrons. The maximum atomic E-state index is 12.2. The first-order chi connectivity index (χ1) is 18.0. The van der Waals surface area contributed by atoms with Gasteiger partial charge in [-0.05, 0) is 36.4 Å². The number of aliphatic hydroxyl groups is 2. The predicted octanol–water partition coefficient (Wildman–Crippen LogP) is 1.02. The van der Waals surface area contributed by atoms with Crippen LogP contribution in [0.2, 0.25) is 0 Å². The van der Waals surface area contributed by atoms with Crippen molar-refractivity contribution < 1.29 is 14.9 Å². The number of nitrogens with two attached hydrogens (primary N) is 1. The lowest BCUT2D eigenvalue weighted by Gasteiger charge is -2.14. The zero-order valence-electron chi connectivity index (χ0n) is 19.9. The van der Waals surface area contributed by atoms with E-state index in [4.69, 9.17) is 16.0 Å². The van der Waals surface area contributed by atoms with Gasteiger partial charge >= 0.3 is 5.69 Å². The lowest BCUT2D eigenvalue weighted by atomic mass is 10.1. The van der Waals surface area contributed by atoms with Gasteiger partial charge in [-0.2, -0.15) is 4.98 Å². The van der Waals surface area contributed by atoms with E-state index in [0.29, 0.717) is 17.8 Å². The first kappa shape index (κ1) is 25.8. The van der Waals surface area contributed by atoms with E-state index in [2.05, 4.69) is 42.1 Å². The summed E-state index contributed by atoms with van der Waals surface area (Å²) in [4.78, 5) is 23.1. The van der Waals surface area contributed by atoms with Crippen molar-refractivity contribution in [3.63, 3.8) is 0 Å². The SMILES string of the molecule is [N-]=[N+]=NCc1ccc(-n2cc(CCCCC#Cc3cn([C@H]4C[C@H](O)[C@@H](CO)O4)c(=O)nc3N)nn2)nc1. The molecule has 0 spiro atoms. The largest absolute Gasteiger partial charge is 0.394 e. The molecule has 4 N–H and O–H groups in total. The smallest absolute Gasteiger partial charge is 0.351 e. The van der Waals surface area contributed by atoms with Crippen molar-refractivity contribution in [2.24, 2.45) is 5.11 Å². The van der Waals surface area contributed by atoms with Gasteiger partial charge in [0.25, 0.3) is 0 Å². The molecule has 0 bridgehead atoms. The van der Waals surface area contributed by atoms with Gasteiger partial charge in [0.1, 0.15) is 18.1 Å². The molecule has 3 aromatic rings. The number of nitrogens with zero attached hydrogens (tertiary/aromatic N) is 9. The summed E-state index contributed by atoms with van der Waals surface area (Å²) in [6.45, 7) is -0.103.